The maximum absolute atomic E-state index is 13.0. The molecule has 0 fully saturated rings. The van der Waals surface area contributed by atoms with Gasteiger partial charge in [0.2, 0.25) is 11.8 Å². The molecule has 0 saturated heterocycles. The van der Waals surface area contributed by atoms with E-state index in [1.165, 1.54) is 5.56 Å². The van der Waals surface area contributed by atoms with Crippen molar-refractivity contribution in [1.29, 1.82) is 0 Å². The van der Waals surface area contributed by atoms with Gasteiger partial charge in [0.05, 0.1) is 12.9 Å². The average molecular weight is 415 g/mol. The maximum atomic E-state index is 13.0. The number of nitrogens with zero attached hydrogens (tertiary/aromatic N) is 1. The number of amides is 2. The predicted molar refractivity (Wildman–Crippen MR) is 119 cm³/mol. The number of ether oxygens (including phenoxy) is 1. The molecule has 0 aromatic heterocycles. The summed E-state index contributed by atoms with van der Waals surface area (Å²) in [5, 5.41) is 2.89. The molecule has 2 aromatic carbocycles. The Balaban J connectivity index is 2.04. The van der Waals surface area contributed by atoms with Gasteiger partial charge in [0.25, 0.3) is 0 Å². The van der Waals surface area contributed by atoms with Crippen LogP contribution >= 0.6 is 11.8 Å². The SMILES string of the molecule is CCCNC(=O)C(C)N(Cc1ccc(OC)cc1)C(=O)CSCc1ccccc1. The molecule has 29 heavy (non-hydrogen) atoms. The Labute approximate surface area is 177 Å². The smallest absolute Gasteiger partial charge is 0.242 e. The first kappa shape index (κ1) is 22.8. The van der Waals surface area contributed by atoms with Crippen molar-refractivity contribution in [2.24, 2.45) is 0 Å². The zero-order valence-corrected chi connectivity index (χ0v) is 18.2. The number of carbonyl (C=O) groups is 2. The Morgan fingerprint density at radius 3 is 2.38 bits per heavy atom. The van der Waals surface area contributed by atoms with Gasteiger partial charge in [-0.1, -0.05) is 49.4 Å². The molecule has 6 heteroatoms. The molecule has 1 N–H and O–H groups in total. The highest BCUT2D eigenvalue weighted by molar-refractivity contribution is 7.99. The van der Waals surface area contributed by atoms with Gasteiger partial charge in [0.15, 0.2) is 0 Å². The van der Waals surface area contributed by atoms with Crippen LogP contribution in [0.25, 0.3) is 0 Å². The molecule has 0 spiro atoms. The Bertz CT molecular complexity index is 765. The molecule has 1 unspecified atom stereocenters. The van der Waals surface area contributed by atoms with Gasteiger partial charge in [-0.2, -0.15) is 0 Å². The van der Waals surface area contributed by atoms with Crippen LogP contribution in [0.5, 0.6) is 5.75 Å². The lowest BCUT2D eigenvalue weighted by molar-refractivity contribution is -0.138. The van der Waals surface area contributed by atoms with E-state index in [1.807, 2.05) is 61.5 Å². The summed E-state index contributed by atoms with van der Waals surface area (Å²) in [7, 11) is 1.62. The fourth-order valence-electron chi connectivity index (χ4n) is 2.82. The quantitative estimate of drug-likeness (QED) is 0.606. The molecular weight excluding hydrogens is 384 g/mol. The molecule has 0 aliphatic carbocycles. The molecule has 1 atom stereocenters. The molecule has 0 bridgehead atoms. The molecule has 156 valence electrons. The molecule has 0 aliphatic heterocycles. The van der Waals surface area contributed by atoms with E-state index in [-0.39, 0.29) is 11.8 Å². The van der Waals surface area contributed by atoms with Crippen LogP contribution in [0, 0.1) is 0 Å². The summed E-state index contributed by atoms with van der Waals surface area (Å²) >= 11 is 1.56. The number of nitrogens with one attached hydrogen (secondary N) is 1. The normalized spacial score (nSPS) is 11.6. The average Bonchev–Trinajstić information content (AvgIpc) is 2.76. The largest absolute Gasteiger partial charge is 0.497 e. The van der Waals surface area contributed by atoms with Crippen molar-refractivity contribution in [3.05, 3.63) is 65.7 Å². The molecule has 0 radical (unpaired) electrons. The van der Waals surface area contributed by atoms with Gasteiger partial charge in [-0.3, -0.25) is 9.59 Å². The summed E-state index contributed by atoms with van der Waals surface area (Å²) in [6, 6.07) is 17.1. The Kier molecular flexibility index (Phi) is 9.57. The van der Waals surface area contributed by atoms with Gasteiger partial charge in [-0.25, -0.2) is 0 Å². The highest BCUT2D eigenvalue weighted by Gasteiger charge is 2.25. The van der Waals surface area contributed by atoms with Crippen LogP contribution in [0.2, 0.25) is 0 Å². The van der Waals surface area contributed by atoms with Crippen LogP contribution < -0.4 is 10.1 Å². The highest BCUT2D eigenvalue weighted by atomic mass is 32.2. The first-order valence-corrected chi connectivity index (χ1v) is 11.0. The third-order valence-corrected chi connectivity index (χ3v) is 5.55. The van der Waals surface area contributed by atoms with E-state index in [2.05, 4.69) is 5.32 Å². The van der Waals surface area contributed by atoms with Crippen molar-refractivity contribution in [2.45, 2.75) is 38.6 Å². The lowest BCUT2D eigenvalue weighted by Gasteiger charge is -2.28. The van der Waals surface area contributed by atoms with Crippen molar-refractivity contribution in [2.75, 3.05) is 19.4 Å². The lowest BCUT2D eigenvalue weighted by Crippen LogP contribution is -2.48. The molecule has 5 nitrogen and oxygen atoms in total. The molecule has 2 aromatic rings. The first-order valence-electron chi connectivity index (χ1n) is 9.87. The summed E-state index contributed by atoms with van der Waals surface area (Å²) in [5.41, 5.74) is 2.14. The summed E-state index contributed by atoms with van der Waals surface area (Å²) < 4.78 is 5.20. The van der Waals surface area contributed by atoms with Gasteiger partial charge in [0.1, 0.15) is 11.8 Å². The van der Waals surface area contributed by atoms with E-state index in [0.717, 1.165) is 23.5 Å². The third kappa shape index (κ3) is 7.46. The Hall–Kier alpha value is -2.47. The van der Waals surface area contributed by atoms with Gasteiger partial charge in [0, 0.05) is 18.8 Å². The predicted octanol–water partition coefficient (Wildman–Crippen LogP) is 3.87. The topological polar surface area (TPSA) is 58.6 Å². The van der Waals surface area contributed by atoms with Crippen molar-refractivity contribution in [1.82, 2.24) is 10.2 Å². The van der Waals surface area contributed by atoms with E-state index in [4.69, 9.17) is 4.74 Å². The summed E-state index contributed by atoms with van der Waals surface area (Å²) in [6.07, 6.45) is 0.859. The van der Waals surface area contributed by atoms with Gasteiger partial charge in [-0.05, 0) is 36.6 Å². The van der Waals surface area contributed by atoms with E-state index in [0.29, 0.717) is 18.8 Å². The van der Waals surface area contributed by atoms with Crippen molar-refractivity contribution >= 4 is 23.6 Å². The molecule has 2 amide bonds. The molecule has 0 heterocycles. The molecule has 0 aliphatic rings. The van der Waals surface area contributed by atoms with Crippen LogP contribution in [0.1, 0.15) is 31.4 Å². The Morgan fingerprint density at radius 2 is 1.76 bits per heavy atom. The van der Waals surface area contributed by atoms with E-state index in [1.54, 1.807) is 30.7 Å². The van der Waals surface area contributed by atoms with Crippen LogP contribution in [-0.4, -0.2) is 42.2 Å². The van der Waals surface area contributed by atoms with E-state index in [9.17, 15) is 9.59 Å². The molecule has 0 saturated carbocycles. The minimum atomic E-state index is -0.534. The monoisotopic (exact) mass is 414 g/mol. The zero-order valence-electron chi connectivity index (χ0n) is 17.4. The summed E-state index contributed by atoms with van der Waals surface area (Å²) in [6.45, 7) is 4.78. The Morgan fingerprint density at radius 1 is 1.07 bits per heavy atom. The second-order valence-electron chi connectivity index (χ2n) is 6.82. The minimum Gasteiger partial charge on any atom is -0.497 e. The first-order chi connectivity index (χ1) is 14.0. The summed E-state index contributed by atoms with van der Waals surface area (Å²) in [5.74, 6) is 1.69. The number of hydrogen-bond acceptors (Lipinski definition) is 4. The van der Waals surface area contributed by atoms with Crippen molar-refractivity contribution in [3.8, 4) is 5.75 Å². The zero-order chi connectivity index (χ0) is 21.1. The lowest BCUT2D eigenvalue weighted by atomic mass is 10.1. The number of carbonyl (C=O) groups excluding carboxylic acids is 2. The highest BCUT2D eigenvalue weighted by Crippen LogP contribution is 2.17. The fraction of sp³-hybridized carbons (Fsp3) is 0.391. The number of thioether (sulfide) groups is 1. The number of methoxy groups -OCH3 is 1. The van der Waals surface area contributed by atoms with Crippen LogP contribution in [0.3, 0.4) is 0 Å². The fourth-order valence-corrected chi connectivity index (χ4v) is 3.69. The number of hydrogen-bond donors (Lipinski definition) is 1. The standard InChI is InChI=1S/C23H30N2O3S/c1-4-14-24-23(27)18(2)25(15-19-10-12-21(28-3)13-11-19)22(26)17-29-16-20-8-6-5-7-9-20/h5-13,18H,4,14-17H2,1-3H3,(H,24,27). The van der Waals surface area contributed by atoms with Gasteiger partial charge < -0.3 is 15.0 Å². The van der Waals surface area contributed by atoms with Crippen LogP contribution in [0.15, 0.2) is 54.6 Å². The summed E-state index contributed by atoms with van der Waals surface area (Å²) in [4.78, 5) is 27.1. The molecule has 2 rings (SSSR count). The van der Waals surface area contributed by atoms with Crippen LogP contribution in [-0.2, 0) is 21.9 Å². The van der Waals surface area contributed by atoms with Crippen molar-refractivity contribution in [3.63, 3.8) is 0 Å². The van der Waals surface area contributed by atoms with Crippen molar-refractivity contribution < 1.29 is 14.3 Å². The van der Waals surface area contributed by atoms with Gasteiger partial charge >= 0.3 is 0 Å². The number of benzene rings is 2. The molecular formula is C23H30N2O3S. The number of rotatable bonds is 11. The van der Waals surface area contributed by atoms with Crippen LogP contribution in [0.4, 0.5) is 0 Å². The van der Waals surface area contributed by atoms with E-state index >= 15 is 0 Å². The second kappa shape index (κ2) is 12.2. The second-order valence-corrected chi connectivity index (χ2v) is 7.80. The minimum absolute atomic E-state index is 0.0408. The maximum Gasteiger partial charge on any atom is 0.242 e. The van der Waals surface area contributed by atoms with E-state index < -0.39 is 6.04 Å². The third-order valence-electron chi connectivity index (χ3n) is 4.57. The van der Waals surface area contributed by atoms with Gasteiger partial charge in [-0.15, -0.1) is 11.8 Å².